The van der Waals surface area contributed by atoms with E-state index in [1.807, 2.05) is 36.4 Å². The molecule has 2 aromatic carbocycles. The van der Waals surface area contributed by atoms with Gasteiger partial charge in [-0.1, -0.05) is 24.3 Å². The van der Waals surface area contributed by atoms with Gasteiger partial charge in [-0.2, -0.15) is 0 Å². The summed E-state index contributed by atoms with van der Waals surface area (Å²) in [4.78, 5) is 4.29. The molecule has 1 aromatic heterocycles. The van der Waals surface area contributed by atoms with E-state index in [-0.39, 0.29) is 0 Å². The first-order valence-corrected chi connectivity index (χ1v) is 9.28. The number of para-hydroxylation sites is 1. The van der Waals surface area contributed by atoms with Crippen molar-refractivity contribution in [2.45, 2.75) is 19.9 Å². The summed E-state index contributed by atoms with van der Waals surface area (Å²) in [6, 6.07) is 14.0. The SMILES string of the molecule is CN=C(NCCc1ccc(OC)c(OC)c1)NCc1oc2ccccc2c1C. The van der Waals surface area contributed by atoms with Crippen molar-refractivity contribution in [1.82, 2.24) is 10.6 Å². The number of aryl methyl sites for hydroxylation is 1. The maximum absolute atomic E-state index is 5.94. The van der Waals surface area contributed by atoms with Crippen LogP contribution in [0.2, 0.25) is 0 Å². The van der Waals surface area contributed by atoms with Crippen LogP contribution in [0.3, 0.4) is 0 Å². The molecule has 0 saturated carbocycles. The molecule has 0 saturated heterocycles. The van der Waals surface area contributed by atoms with Crippen LogP contribution in [0.4, 0.5) is 0 Å². The Morgan fingerprint density at radius 2 is 1.82 bits per heavy atom. The van der Waals surface area contributed by atoms with Gasteiger partial charge in [-0.15, -0.1) is 0 Å². The van der Waals surface area contributed by atoms with Crippen molar-refractivity contribution in [2.24, 2.45) is 4.99 Å². The van der Waals surface area contributed by atoms with E-state index >= 15 is 0 Å². The highest BCUT2D eigenvalue weighted by atomic mass is 16.5. The Labute approximate surface area is 165 Å². The van der Waals surface area contributed by atoms with Crippen molar-refractivity contribution >= 4 is 16.9 Å². The second kappa shape index (κ2) is 9.17. The number of guanidine groups is 1. The fourth-order valence-electron chi connectivity index (χ4n) is 3.14. The molecule has 3 rings (SSSR count). The smallest absolute Gasteiger partial charge is 0.191 e. The van der Waals surface area contributed by atoms with E-state index in [2.05, 4.69) is 28.6 Å². The van der Waals surface area contributed by atoms with Crippen molar-refractivity contribution < 1.29 is 13.9 Å². The molecule has 0 bridgehead atoms. The van der Waals surface area contributed by atoms with Crippen LogP contribution in [-0.4, -0.2) is 33.8 Å². The van der Waals surface area contributed by atoms with Gasteiger partial charge in [0.25, 0.3) is 0 Å². The van der Waals surface area contributed by atoms with Crippen molar-refractivity contribution in [3.8, 4) is 11.5 Å². The predicted octanol–water partition coefficient (Wildman–Crippen LogP) is 3.67. The highest BCUT2D eigenvalue weighted by Crippen LogP contribution is 2.27. The van der Waals surface area contributed by atoms with Crippen molar-refractivity contribution in [1.29, 1.82) is 0 Å². The molecule has 3 aromatic rings. The number of aliphatic imine (C=N–C) groups is 1. The normalized spacial score (nSPS) is 11.5. The molecular weight excluding hydrogens is 354 g/mol. The standard InChI is InChI=1S/C22H27N3O3/c1-15-17-7-5-6-8-18(17)28-21(15)14-25-22(23-2)24-12-11-16-9-10-19(26-3)20(13-16)27-4/h5-10,13H,11-12,14H2,1-4H3,(H2,23,24,25). The molecule has 0 fully saturated rings. The third-order valence-electron chi connectivity index (χ3n) is 4.74. The number of hydrogen-bond donors (Lipinski definition) is 2. The number of nitrogens with zero attached hydrogens (tertiary/aromatic N) is 1. The summed E-state index contributed by atoms with van der Waals surface area (Å²) in [7, 11) is 5.04. The van der Waals surface area contributed by atoms with E-state index in [1.165, 1.54) is 0 Å². The van der Waals surface area contributed by atoms with Crippen LogP contribution in [0.1, 0.15) is 16.9 Å². The second-order valence-corrected chi connectivity index (χ2v) is 6.44. The van der Waals surface area contributed by atoms with Gasteiger partial charge in [0.15, 0.2) is 17.5 Å². The summed E-state index contributed by atoms with van der Waals surface area (Å²) in [5, 5.41) is 7.80. The van der Waals surface area contributed by atoms with Gasteiger partial charge in [-0.25, -0.2) is 0 Å². The minimum Gasteiger partial charge on any atom is -0.493 e. The lowest BCUT2D eigenvalue weighted by atomic mass is 10.1. The van der Waals surface area contributed by atoms with Gasteiger partial charge < -0.3 is 24.5 Å². The Balaban J connectivity index is 1.54. The lowest BCUT2D eigenvalue weighted by Crippen LogP contribution is -2.37. The summed E-state index contributed by atoms with van der Waals surface area (Å²) in [6.07, 6.45) is 0.838. The lowest BCUT2D eigenvalue weighted by Gasteiger charge is -2.12. The third kappa shape index (κ3) is 4.39. The summed E-state index contributed by atoms with van der Waals surface area (Å²) < 4.78 is 16.6. The molecule has 0 atom stereocenters. The largest absolute Gasteiger partial charge is 0.493 e. The first-order valence-electron chi connectivity index (χ1n) is 9.28. The third-order valence-corrected chi connectivity index (χ3v) is 4.74. The predicted molar refractivity (Wildman–Crippen MR) is 112 cm³/mol. The van der Waals surface area contributed by atoms with E-state index in [0.29, 0.717) is 6.54 Å². The van der Waals surface area contributed by atoms with Crippen molar-refractivity contribution in [3.05, 3.63) is 59.4 Å². The van der Waals surface area contributed by atoms with Gasteiger partial charge in [0.05, 0.1) is 20.8 Å². The van der Waals surface area contributed by atoms with E-state index in [4.69, 9.17) is 13.9 Å². The Morgan fingerprint density at radius 1 is 1.04 bits per heavy atom. The average molecular weight is 381 g/mol. The number of hydrogen-bond acceptors (Lipinski definition) is 4. The first kappa shape index (κ1) is 19.6. The van der Waals surface area contributed by atoms with Crippen LogP contribution in [0.25, 0.3) is 11.0 Å². The molecule has 2 N–H and O–H groups in total. The highest BCUT2D eigenvalue weighted by molar-refractivity contribution is 5.82. The Kier molecular flexibility index (Phi) is 6.42. The van der Waals surface area contributed by atoms with Crippen molar-refractivity contribution in [3.63, 3.8) is 0 Å². The molecule has 0 amide bonds. The van der Waals surface area contributed by atoms with Gasteiger partial charge in [-0.05, 0) is 37.1 Å². The Hall–Kier alpha value is -3.15. The molecular formula is C22H27N3O3. The monoisotopic (exact) mass is 381 g/mol. The van der Waals surface area contributed by atoms with E-state index in [1.54, 1.807) is 21.3 Å². The molecule has 0 radical (unpaired) electrons. The fourth-order valence-corrected chi connectivity index (χ4v) is 3.14. The zero-order valence-corrected chi connectivity index (χ0v) is 16.8. The second-order valence-electron chi connectivity index (χ2n) is 6.44. The zero-order valence-electron chi connectivity index (χ0n) is 16.8. The molecule has 1 heterocycles. The minimum absolute atomic E-state index is 0.580. The number of rotatable bonds is 7. The topological polar surface area (TPSA) is 68.0 Å². The number of benzene rings is 2. The van der Waals surface area contributed by atoms with Gasteiger partial charge in [-0.3, -0.25) is 4.99 Å². The molecule has 148 valence electrons. The number of nitrogens with one attached hydrogen (secondary N) is 2. The van der Waals surface area contributed by atoms with Crippen molar-refractivity contribution in [2.75, 3.05) is 27.8 Å². The maximum atomic E-state index is 5.94. The van der Waals surface area contributed by atoms with E-state index < -0.39 is 0 Å². The summed E-state index contributed by atoms with van der Waals surface area (Å²) in [5.74, 6) is 3.13. The number of methoxy groups -OCH3 is 2. The minimum atomic E-state index is 0.580. The summed E-state index contributed by atoms with van der Waals surface area (Å²) in [6.45, 7) is 3.40. The lowest BCUT2D eigenvalue weighted by molar-refractivity contribution is 0.354. The van der Waals surface area contributed by atoms with Gasteiger partial charge in [0.2, 0.25) is 0 Å². The van der Waals surface area contributed by atoms with Gasteiger partial charge in [0.1, 0.15) is 11.3 Å². The van der Waals surface area contributed by atoms with E-state index in [9.17, 15) is 0 Å². The molecule has 0 aliphatic carbocycles. The fraction of sp³-hybridized carbons (Fsp3) is 0.318. The number of fused-ring (bicyclic) bond motifs is 1. The summed E-state index contributed by atoms with van der Waals surface area (Å²) in [5.41, 5.74) is 3.23. The number of furan rings is 1. The quantitative estimate of drug-likeness (QED) is 0.483. The van der Waals surface area contributed by atoms with Crippen LogP contribution in [0.15, 0.2) is 51.9 Å². The summed E-state index contributed by atoms with van der Waals surface area (Å²) >= 11 is 0. The van der Waals surface area contributed by atoms with E-state index in [0.717, 1.165) is 58.3 Å². The Morgan fingerprint density at radius 3 is 2.54 bits per heavy atom. The molecule has 6 heteroatoms. The molecule has 6 nitrogen and oxygen atoms in total. The highest BCUT2D eigenvalue weighted by Gasteiger charge is 2.10. The van der Waals surface area contributed by atoms with Gasteiger partial charge in [0, 0.05) is 24.5 Å². The maximum Gasteiger partial charge on any atom is 0.191 e. The van der Waals surface area contributed by atoms with Crippen LogP contribution < -0.4 is 20.1 Å². The van der Waals surface area contributed by atoms with Crippen LogP contribution in [0.5, 0.6) is 11.5 Å². The average Bonchev–Trinajstić information content (AvgIpc) is 3.06. The zero-order chi connectivity index (χ0) is 19.9. The van der Waals surface area contributed by atoms with Crippen LogP contribution >= 0.6 is 0 Å². The van der Waals surface area contributed by atoms with Gasteiger partial charge >= 0.3 is 0 Å². The van der Waals surface area contributed by atoms with Crippen LogP contribution in [0, 0.1) is 6.92 Å². The Bertz CT molecular complexity index is 963. The molecule has 0 aliphatic rings. The molecule has 0 aliphatic heterocycles. The van der Waals surface area contributed by atoms with Crippen LogP contribution in [-0.2, 0) is 13.0 Å². The molecule has 0 spiro atoms. The number of ether oxygens (including phenoxy) is 2. The first-order chi connectivity index (χ1) is 13.7. The molecule has 0 unspecified atom stereocenters. The molecule has 28 heavy (non-hydrogen) atoms.